The molecule has 2 aromatic carbocycles. The number of anilines is 1. The molecule has 2 aromatic heterocycles. The van der Waals surface area contributed by atoms with Crippen LogP contribution >= 0.6 is 22.7 Å². The lowest BCUT2D eigenvalue weighted by molar-refractivity contribution is -0.123. The Labute approximate surface area is 186 Å². The number of carbonyl (C=O) groups excluding carboxylic acids is 1. The molecule has 0 saturated carbocycles. The topological polar surface area (TPSA) is 62.1 Å². The summed E-state index contributed by atoms with van der Waals surface area (Å²) in [5.74, 6) is -0.714. The van der Waals surface area contributed by atoms with Gasteiger partial charge in [-0.3, -0.25) is 4.79 Å². The average molecular weight is 447 g/mol. The average Bonchev–Trinajstić information content (AvgIpc) is 3.48. The van der Waals surface area contributed by atoms with Crippen LogP contribution in [-0.4, -0.2) is 12.5 Å². The van der Waals surface area contributed by atoms with Crippen LogP contribution in [0.25, 0.3) is 11.1 Å². The largest absolute Gasteiger partial charge is 0.351 e. The maximum absolute atomic E-state index is 14.1. The smallest absolute Gasteiger partial charge is 0.250 e. The Balaban J connectivity index is 1.79. The highest BCUT2D eigenvalue weighted by atomic mass is 32.1. The molecule has 1 amide bonds. The molecule has 4 aromatic rings. The second-order valence-electron chi connectivity index (χ2n) is 7.14. The van der Waals surface area contributed by atoms with Gasteiger partial charge in [0, 0.05) is 22.4 Å². The van der Waals surface area contributed by atoms with Crippen LogP contribution < -0.4 is 5.32 Å². The molecule has 0 fully saturated rings. The zero-order chi connectivity index (χ0) is 21.4. The van der Waals surface area contributed by atoms with E-state index in [0.29, 0.717) is 11.3 Å². The van der Waals surface area contributed by atoms with E-state index in [-0.39, 0.29) is 18.1 Å². The summed E-state index contributed by atoms with van der Waals surface area (Å²) in [5, 5.41) is 20.1. The molecule has 0 radical (unpaired) electrons. The number of halogens is 1. The van der Waals surface area contributed by atoms with Crippen molar-refractivity contribution in [3.05, 3.63) is 98.1 Å². The van der Waals surface area contributed by atoms with E-state index in [4.69, 9.17) is 4.74 Å². The fraction of sp³-hybridized carbons (Fsp3) is 0.0833. The Bertz CT molecular complexity index is 1270. The predicted molar refractivity (Wildman–Crippen MR) is 120 cm³/mol. The third kappa shape index (κ3) is 3.35. The Morgan fingerprint density at radius 1 is 1.00 bits per heavy atom. The van der Waals surface area contributed by atoms with E-state index in [9.17, 15) is 14.4 Å². The van der Waals surface area contributed by atoms with Crippen LogP contribution in [0.1, 0.15) is 22.3 Å². The predicted octanol–water partition coefficient (Wildman–Crippen LogP) is 5.75. The van der Waals surface area contributed by atoms with E-state index in [0.717, 1.165) is 22.3 Å². The van der Waals surface area contributed by atoms with Crippen molar-refractivity contribution in [3.8, 4) is 17.2 Å². The lowest BCUT2D eigenvalue weighted by Crippen LogP contribution is -2.32. The highest BCUT2D eigenvalue weighted by molar-refractivity contribution is 7.08. The molecule has 1 N–H and O–H groups in total. The highest BCUT2D eigenvalue weighted by Gasteiger charge is 2.42. The number of fused-ring (bicyclic) bond motifs is 1. The monoisotopic (exact) mass is 446 g/mol. The highest BCUT2D eigenvalue weighted by Crippen LogP contribution is 2.47. The molecule has 0 unspecified atom stereocenters. The zero-order valence-electron chi connectivity index (χ0n) is 16.1. The Kier molecular flexibility index (Phi) is 4.91. The van der Waals surface area contributed by atoms with E-state index in [2.05, 4.69) is 5.32 Å². The first kappa shape index (κ1) is 19.6. The summed E-state index contributed by atoms with van der Waals surface area (Å²) < 4.78 is 20.5. The molecule has 0 aliphatic carbocycles. The van der Waals surface area contributed by atoms with Gasteiger partial charge in [-0.1, -0.05) is 6.07 Å². The second kappa shape index (κ2) is 7.75. The fourth-order valence-corrected chi connectivity index (χ4v) is 5.35. The molecule has 4 nitrogen and oxygen atoms in total. The summed E-state index contributed by atoms with van der Waals surface area (Å²) >= 11 is 3.10. The fourth-order valence-electron chi connectivity index (χ4n) is 3.96. The van der Waals surface area contributed by atoms with Gasteiger partial charge in [0.25, 0.3) is 0 Å². The van der Waals surface area contributed by atoms with Crippen LogP contribution in [0.2, 0.25) is 0 Å². The molecule has 5 rings (SSSR count). The van der Waals surface area contributed by atoms with Gasteiger partial charge in [-0.15, -0.1) is 0 Å². The van der Waals surface area contributed by atoms with Crippen molar-refractivity contribution in [1.82, 2.24) is 0 Å². The molecular formula is C24H15FN2O2S2. The third-order valence-corrected chi connectivity index (χ3v) is 6.67. The summed E-state index contributed by atoms with van der Waals surface area (Å²) in [6.07, 6.45) is 0. The number of carbonyl (C=O) groups is 1. The molecule has 7 heteroatoms. The van der Waals surface area contributed by atoms with Gasteiger partial charge in [0.15, 0.2) is 0 Å². The molecule has 31 heavy (non-hydrogen) atoms. The van der Waals surface area contributed by atoms with Crippen molar-refractivity contribution in [2.24, 2.45) is 0 Å². The third-order valence-electron chi connectivity index (χ3n) is 5.31. The van der Waals surface area contributed by atoms with Crippen LogP contribution in [0.3, 0.4) is 0 Å². The molecule has 0 bridgehead atoms. The van der Waals surface area contributed by atoms with Crippen molar-refractivity contribution in [3.63, 3.8) is 0 Å². The number of benzene rings is 2. The SMILES string of the molecule is N#Cc1cc(F)cc(-c2ccc3c(c2)C(c2ccsc2)(c2ccsc2)OCC(=O)N3)c1. The molecular weight excluding hydrogens is 431 g/mol. The first-order chi connectivity index (χ1) is 15.1. The van der Waals surface area contributed by atoms with Crippen LogP contribution in [-0.2, 0) is 15.1 Å². The summed E-state index contributed by atoms with van der Waals surface area (Å²) in [6, 6.07) is 15.8. The Hall–Kier alpha value is -3.31. The van der Waals surface area contributed by atoms with Crippen molar-refractivity contribution in [1.29, 1.82) is 5.26 Å². The van der Waals surface area contributed by atoms with E-state index < -0.39 is 11.4 Å². The first-order valence-corrected chi connectivity index (χ1v) is 11.3. The van der Waals surface area contributed by atoms with Crippen LogP contribution in [0, 0.1) is 17.1 Å². The minimum atomic E-state index is -0.990. The molecule has 152 valence electrons. The summed E-state index contributed by atoms with van der Waals surface area (Å²) in [5.41, 5.74) is 3.80. The minimum Gasteiger partial charge on any atom is -0.351 e. The van der Waals surface area contributed by atoms with Gasteiger partial charge in [0.2, 0.25) is 5.91 Å². The Morgan fingerprint density at radius 3 is 2.39 bits per heavy atom. The molecule has 1 aliphatic rings. The number of thiophene rings is 2. The van der Waals surface area contributed by atoms with Gasteiger partial charge in [-0.25, -0.2) is 4.39 Å². The van der Waals surface area contributed by atoms with E-state index in [1.807, 2.05) is 57.9 Å². The second-order valence-corrected chi connectivity index (χ2v) is 8.70. The number of ether oxygens (including phenoxy) is 1. The van der Waals surface area contributed by atoms with Crippen LogP contribution in [0.4, 0.5) is 10.1 Å². The molecule has 0 spiro atoms. The Morgan fingerprint density at radius 2 is 1.74 bits per heavy atom. The number of nitrogens with one attached hydrogen (secondary N) is 1. The molecule has 0 atom stereocenters. The van der Waals surface area contributed by atoms with Crippen LogP contribution in [0.15, 0.2) is 70.1 Å². The number of hydrogen-bond donors (Lipinski definition) is 1. The number of nitriles is 1. The van der Waals surface area contributed by atoms with Gasteiger partial charge in [-0.2, -0.15) is 27.9 Å². The van der Waals surface area contributed by atoms with Crippen molar-refractivity contribution >= 4 is 34.3 Å². The van der Waals surface area contributed by atoms with Crippen molar-refractivity contribution in [2.45, 2.75) is 5.60 Å². The van der Waals surface area contributed by atoms with Crippen molar-refractivity contribution < 1.29 is 13.9 Å². The van der Waals surface area contributed by atoms with Crippen molar-refractivity contribution in [2.75, 3.05) is 11.9 Å². The lowest BCUT2D eigenvalue weighted by Gasteiger charge is -2.33. The van der Waals surface area contributed by atoms with Gasteiger partial charge in [0.05, 0.1) is 11.6 Å². The number of hydrogen-bond acceptors (Lipinski definition) is 5. The first-order valence-electron chi connectivity index (χ1n) is 9.45. The number of rotatable bonds is 3. The van der Waals surface area contributed by atoms with Gasteiger partial charge < -0.3 is 10.1 Å². The maximum Gasteiger partial charge on any atom is 0.250 e. The van der Waals surface area contributed by atoms with Gasteiger partial charge in [-0.05, 0) is 75.1 Å². The summed E-state index contributed by atoms with van der Waals surface area (Å²) in [4.78, 5) is 12.4. The van der Waals surface area contributed by atoms with Crippen LogP contribution in [0.5, 0.6) is 0 Å². The molecule has 1 aliphatic heterocycles. The summed E-state index contributed by atoms with van der Waals surface area (Å²) in [6.45, 7) is -0.103. The summed E-state index contributed by atoms with van der Waals surface area (Å²) in [7, 11) is 0. The minimum absolute atomic E-state index is 0.103. The van der Waals surface area contributed by atoms with E-state index in [1.54, 1.807) is 28.7 Å². The maximum atomic E-state index is 14.1. The quantitative estimate of drug-likeness (QED) is 0.436. The zero-order valence-corrected chi connectivity index (χ0v) is 17.7. The van der Waals surface area contributed by atoms with Gasteiger partial charge in [0.1, 0.15) is 18.0 Å². The lowest BCUT2D eigenvalue weighted by atomic mass is 9.80. The number of amides is 1. The van der Waals surface area contributed by atoms with E-state index in [1.165, 1.54) is 12.1 Å². The molecule has 0 saturated heterocycles. The standard InChI is InChI=1S/C24H15FN2O2S2/c25-20-8-15(11-26)7-17(9-20)16-1-2-22-21(10-16)24(18-3-5-30-13-18,19-4-6-31-14-19)29-12-23(28)27-22/h1-10,13-14H,12H2,(H,27,28). The van der Waals surface area contributed by atoms with E-state index >= 15 is 0 Å². The molecule has 3 heterocycles. The number of nitrogens with zero attached hydrogens (tertiary/aromatic N) is 1. The normalized spacial score (nSPS) is 14.9. The van der Waals surface area contributed by atoms with Gasteiger partial charge >= 0.3 is 0 Å².